The van der Waals surface area contributed by atoms with Crippen LogP contribution in [0, 0.1) is 12.8 Å². The summed E-state index contributed by atoms with van der Waals surface area (Å²) in [5.41, 5.74) is 28.1. The summed E-state index contributed by atoms with van der Waals surface area (Å²) in [4.78, 5) is 132. The molecule has 24 N–H and O–H groups in total. The monoisotopic (exact) mass is 1410 g/mol. The van der Waals surface area contributed by atoms with Crippen molar-refractivity contribution in [2.75, 3.05) is 63.4 Å². The average Bonchev–Trinajstić information content (AvgIpc) is 0.885. The molecule has 6 heterocycles. The molecule has 2 fully saturated rings. The first-order chi connectivity index (χ1) is 45.3. The van der Waals surface area contributed by atoms with Crippen molar-refractivity contribution in [1.82, 2.24) is 51.8 Å². The van der Waals surface area contributed by atoms with Gasteiger partial charge in [-0.3, -0.25) is 38.6 Å². The number of anilines is 1. The normalized spacial score (nSPS) is 24.6. The highest BCUT2D eigenvalue weighted by Gasteiger charge is 2.54. The number of amides is 8. The molecule has 0 unspecified atom stereocenters. The number of hydrogen-bond acceptors (Lipinski definition) is 32. The first-order valence-electron chi connectivity index (χ1n) is 29.9. The van der Waals surface area contributed by atoms with Gasteiger partial charge in [0, 0.05) is 55.2 Å². The molecular formula is C55H84N17O21S3+. The Labute approximate surface area is 559 Å². The summed E-state index contributed by atoms with van der Waals surface area (Å²) in [7, 11) is 0.254. The fourth-order valence-corrected chi connectivity index (χ4v) is 12.2. The van der Waals surface area contributed by atoms with Gasteiger partial charge in [-0.1, -0.05) is 6.92 Å². The number of hydrogen-bond donors (Lipinski definition) is 19. The van der Waals surface area contributed by atoms with E-state index in [1.807, 2.05) is 0 Å². The van der Waals surface area contributed by atoms with E-state index in [1.165, 1.54) is 50.4 Å². The Morgan fingerprint density at radius 1 is 0.781 bits per heavy atom. The van der Waals surface area contributed by atoms with E-state index in [-0.39, 0.29) is 64.9 Å². The van der Waals surface area contributed by atoms with Crippen molar-refractivity contribution in [2.24, 2.45) is 38.8 Å². The minimum absolute atomic E-state index is 0.00498. The Morgan fingerprint density at radius 2 is 1.47 bits per heavy atom. The van der Waals surface area contributed by atoms with E-state index < -0.39 is 189 Å². The number of carbonyl (C=O) groups excluding carboxylic acids is 8. The maximum atomic E-state index is 15.2. The second-order valence-electron chi connectivity index (χ2n) is 22.9. The van der Waals surface area contributed by atoms with Crippen molar-refractivity contribution in [3.05, 3.63) is 38.5 Å². The van der Waals surface area contributed by atoms with E-state index >= 15 is 4.79 Å². The predicted octanol–water partition coefficient (Wildman–Crippen LogP) is -8.32. The molecule has 0 bridgehead atoms. The number of aromatic nitrogens is 4. The van der Waals surface area contributed by atoms with Crippen LogP contribution >= 0.6 is 22.7 Å². The summed E-state index contributed by atoms with van der Waals surface area (Å²) < 4.78 is 28.7. The van der Waals surface area contributed by atoms with E-state index in [1.54, 1.807) is 10.8 Å². The van der Waals surface area contributed by atoms with E-state index in [4.69, 9.17) is 52.4 Å². The van der Waals surface area contributed by atoms with E-state index in [2.05, 4.69) is 74.3 Å². The van der Waals surface area contributed by atoms with Gasteiger partial charge in [0.15, 0.2) is 18.7 Å². The summed E-state index contributed by atoms with van der Waals surface area (Å²) in [6.45, 7) is 2.77. The van der Waals surface area contributed by atoms with Crippen LogP contribution in [-0.2, 0) is 65.0 Å². The van der Waals surface area contributed by atoms with E-state index in [0.29, 0.717) is 22.3 Å². The zero-order valence-corrected chi connectivity index (χ0v) is 55.4. The molecule has 3 aromatic rings. The highest BCUT2D eigenvalue weighted by atomic mass is 32.2. The third-order valence-electron chi connectivity index (χ3n) is 15.3. The lowest BCUT2D eigenvalue weighted by Crippen LogP contribution is -2.67. The second-order valence-corrected chi connectivity index (χ2v) is 27.1. The van der Waals surface area contributed by atoms with Crippen molar-refractivity contribution in [3.63, 3.8) is 0 Å². The number of primary amides is 3. The molecule has 3 aliphatic heterocycles. The van der Waals surface area contributed by atoms with Crippen molar-refractivity contribution < 1.29 is 103 Å². The van der Waals surface area contributed by atoms with Crippen LogP contribution in [0.2, 0.25) is 0 Å². The molecular weight excluding hydrogens is 1330 g/mol. The van der Waals surface area contributed by atoms with Gasteiger partial charge in [0.1, 0.15) is 107 Å². The molecule has 0 aromatic carbocycles. The molecule has 2 saturated heterocycles. The van der Waals surface area contributed by atoms with E-state index in [0.717, 1.165) is 18.5 Å². The molecule has 6 rings (SSSR count). The zero-order valence-electron chi connectivity index (χ0n) is 53.0. The molecule has 19 atom stereocenters. The van der Waals surface area contributed by atoms with Crippen LogP contribution < -0.4 is 60.6 Å². The molecule has 0 radical (unpaired) electrons. The quantitative estimate of drug-likeness (QED) is 0.0192. The number of nitrogens with two attached hydrogens (primary N) is 5. The highest BCUT2D eigenvalue weighted by molar-refractivity contribution is 7.95. The highest BCUT2D eigenvalue weighted by Crippen LogP contribution is 2.33. The molecule has 532 valence electrons. The fraction of sp³-hybridized carbons (Fsp3) is 0.636. The van der Waals surface area contributed by atoms with Crippen LogP contribution in [0.1, 0.15) is 77.0 Å². The van der Waals surface area contributed by atoms with Crippen molar-refractivity contribution in [1.29, 1.82) is 0 Å². The summed E-state index contributed by atoms with van der Waals surface area (Å²) in [6, 6.07) is -7.85. The van der Waals surface area contributed by atoms with Gasteiger partial charge >= 0.3 is 6.09 Å². The summed E-state index contributed by atoms with van der Waals surface area (Å²) in [6.07, 6.45) is -21.1. The smallest absolute Gasteiger partial charge is 0.404 e. The van der Waals surface area contributed by atoms with Gasteiger partial charge < -0.3 is 125 Å². The minimum Gasteiger partial charge on any atom is -0.441 e. The third kappa shape index (κ3) is 20.7. The molecule has 96 heavy (non-hydrogen) atoms. The Bertz CT molecular complexity index is 3260. The van der Waals surface area contributed by atoms with Crippen molar-refractivity contribution in [3.8, 4) is 10.7 Å². The van der Waals surface area contributed by atoms with Crippen LogP contribution in [0.25, 0.3) is 10.7 Å². The number of ether oxygens (including phenoxy) is 5. The van der Waals surface area contributed by atoms with E-state index in [9.17, 15) is 74.4 Å². The average molecular weight is 1420 g/mol. The topological polar surface area (TPSA) is 623 Å². The second kappa shape index (κ2) is 35.9. The summed E-state index contributed by atoms with van der Waals surface area (Å²) >= 11 is 2.52. The van der Waals surface area contributed by atoms with Crippen LogP contribution in [0.5, 0.6) is 0 Å². The SMILES string of the molecule is Cc1c(N)nc([C@H](CC(N)=O)NC[C@H](N)C(N)=O)nc1C(=O)N[C@H](C(=O)N[C@H](C)[C@@H](O)[C@H](C)C(=O)N[C@H](C(=O)NCCc1nc(-c2nc(C(=O)NCCC[S+](C)C)cs2)cs1)[C@@H](C)O)[C@@H](O[C@@H]1O[C@@H](CO)[C@@H](O)[C@H](O)[C@@H]1O[C@H]1O[C@H](CO)[C@@H](O)[C@H](OC(N)=O)[C@@H]1O)C1=NC=NC1. The number of carbonyl (C=O) groups is 8. The zero-order chi connectivity index (χ0) is 71.0. The number of aliphatic imine (C=N–C) groups is 2. The number of rotatable bonds is 35. The number of aliphatic hydroxyl groups excluding tert-OH is 8. The predicted molar refractivity (Wildman–Crippen MR) is 342 cm³/mol. The Morgan fingerprint density at radius 3 is 2.09 bits per heavy atom. The number of thiazole rings is 2. The van der Waals surface area contributed by atoms with Crippen LogP contribution in [0.15, 0.2) is 20.7 Å². The van der Waals surface area contributed by atoms with Gasteiger partial charge in [-0.25, -0.2) is 29.7 Å². The number of nitrogens with zero attached hydrogens (tertiary/aromatic N) is 6. The van der Waals surface area contributed by atoms with Gasteiger partial charge in [0.2, 0.25) is 29.5 Å². The molecule has 0 spiro atoms. The van der Waals surface area contributed by atoms with Gasteiger partial charge in [-0.15, -0.1) is 22.7 Å². The molecule has 3 aliphatic rings. The third-order valence-corrected chi connectivity index (χ3v) is 18.2. The Balaban J connectivity index is 1.26. The summed E-state index contributed by atoms with van der Waals surface area (Å²) in [5.74, 6) is -7.69. The standard InChI is InChI=1S/C55H83N17O21S3/c1-20-33(69-46(72-44(20)58)25(12-31(57)76)64-13-24(56)45(59)82)50(86)71-35(41(26-14-61-19-65-26)91-54-43(39(80)37(78)29(15-73)90-54)92-53-40(81)42(93-55(60)88)38(79)30(16-74)89-53)51(87)66-22(3)36(77)21(2)47(83)70-34(23(4)75)49(85)63-10-8-32-67-28(18-94-32)52-68-27(17-95-52)48(84)62-9-7-11-96(5)6/h17-19,21-25,29-30,34-43,53-54,64,73-75,77-81H,7-16,56H2,1-6H3,(H12-,57,58,59,60,62,63,66,69,70,71,72,76,82,83,84,85,86,87,88)/p+1/t21-,22+,23+,24-,25-,29-,30+,34-,35-,36-,37+,38+,39-,40-,41-,42-,43-,53+,54-/m0/s1. The molecule has 0 aliphatic carbocycles. The lowest BCUT2D eigenvalue weighted by atomic mass is 9.95. The van der Waals surface area contributed by atoms with Gasteiger partial charge in [-0.05, 0) is 31.7 Å². The first-order valence-corrected chi connectivity index (χ1v) is 33.9. The number of nitrogen functional groups attached to an aromatic ring is 1. The molecule has 38 nitrogen and oxygen atoms in total. The van der Waals surface area contributed by atoms with Crippen molar-refractivity contribution >= 4 is 98.9 Å². The van der Waals surface area contributed by atoms with Gasteiger partial charge in [0.25, 0.3) is 11.8 Å². The Hall–Kier alpha value is -7.17. The number of aliphatic hydroxyl groups is 8. The number of nitrogens with one attached hydrogen (secondary N) is 6. The molecule has 41 heteroatoms. The lowest BCUT2D eigenvalue weighted by Gasteiger charge is -2.47. The molecule has 3 aromatic heterocycles. The largest absolute Gasteiger partial charge is 0.441 e. The first kappa shape index (κ1) is 77.8. The van der Waals surface area contributed by atoms with Gasteiger partial charge in [0.05, 0.1) is 79.2 Å². The maximum Gasteiger partial charge on any atom is 0.404 e. The minimum atomic E-state index is -2.20. The Kier molecular flexibility index (Phi) is 29.1. The van der Waals surface area contributed by atoms with Gasteiger partial charge in [-0.2, -0.15) is 0 Å². The fourth-order valence-electron chi connectivity index (χ4n) is 9.85. The summed E-state index contributed by atoms with van der Waals surface area (Å²) in [5, 5.41) is 108. The van der Waals surface area contributed by atoms with Crippen LogP contribution in [0.4, 0.5) is 10.6 Å². The van der Waals surface area contributed by atoms with Crippen molar-refractivity contribution in [2.45, 2.75) is 157 Å². The van der Waals surface area contributed by atoms with Crippen LogP contribution in [-0.4, -0.2) is 282 Å². The molecule has 8 amide bonds. The van der Waals surface area contributed by atoms with Crippen LogP contribution in [0.3, 0.4) is 0 Å². The molecule has 0 saturated carbocycles. The lowest BCUT2D eigenvalue weighted by molar-refractivity contribution is -0.369. The maximum absolute atomic E-state index is 15.2.